The molecular weight excluding hydrogens is 1210 g/mol. The largest absolute Gasteiger partial charge is 0.456 e. The van der Waals surface area contributed by atoms with Crippen LogP contribution in [0, 0.1) is 0 Å². The maximum absolute atomic E-state index is 6.25. The fraction of sp³-hybridized carbons (Fsp3) is 0.0112. The average molecular weight is 1260 g/mol. The molecule has 22 rings (SSSR count). The van der Waals surface area contributed by atoms with Gasteiger partial charge in [0.15, 0.2) is 0 Å². The SMILES string of the molecule is Clc1nc(-c2ccccc2)c2ccc3ccccc3c2n1.c1ccc(-c2nc(-n3c4ccccc4c4ccc5c6cc7c(cc6ccc5c43)oc3ccccc37)nc3c2ccc2ccccc23)cc1.c1ccc2c(c1)Cc1c-2ccc2c1ccc1cc3oc4ccccc4c3cc12. The molecule has 0 aliphatic heterocycles. The third-order valence-corrected chi connectivity index (χ3v) is 20.1. The molecule has 0 atom stereocenters. The molecule has 0 saturated heterocycles. The van der Waals surface area contributed by atoms with Crippen LogP contribution in [0.2, 0.25) is 5.28 Å². The second kappa shape index (κ2) is 21.8. The quantitative estimate of drug-likeness (QED) is 0.129. The second-order valence-corrected chi connectivity index (χ2v) is 25.5. The molecule has 21 aromatic rings. The van der Waals surface area contributed by atoms with Crippen LogP contribution in [0.3, 0.4) is 0 Å². The fourth-order valence-corrected chi connectivity index (χ4v) is 15.6. The van der Waals surface area contributed by atoms with Crippen LogP contribution in [0.5, 0.6) is 0 Å². The Bertz CT molecular complexity index is 6870. The van der Waals surface area contributed by atoms with E-state index < -0.39 is 0 Å². The number of hydrogen-bond acceptors (Lipinski definition) is 6. The van der Waals surface area contributed by atoms with Crippen LogP contribution in [-0.4, -0.2) is 24.5 Å². The number of para-hydroxylation sites is 3. The Kier molecular flexibility index (Phi) is 12.3. The zero-order valence-corrected chi connectivity index (χ0v) is 52.8. The Morgan fingerprint density at radius 3 is 1.40 bits per heavy atom. The molecular formula is C89H52ClN5O2. The standard InChI is InChI=1S/C44H25N3O.C27H16O.C18H11ClN2/c1-2-11-27(12-3-1)41-35-21-18-26-10-4-5-13-29(26)42(35)46-44(45-41)47-38-16-8-6-14-31(38)34-23-22-30-33(43(34)47)20-19-28-24-40-37(25-36(28)30)32-15-7-9-17-39(32)48-40;1-2-6-18-16(5-1)13-24-19(18)11-12-20-21(24)10-9-17-14-27-25(15-23(17)20)22-7-3-4-8-26(22)28-27;19-18-20-16(13-7-2-1-3-8-13)15-11-10-12-6-4-5-9-14(12)17(15)21-18/h1-25H;1-12,14-15H,13H2;1-11H. The van der Waals surface area contributed by atoms with Gasteiger partial charge in [0, 0.05) is 70.4 Å². The number of benzene rings is 16. The van der Waals surface area contributed by atoms with Crippen molar-refractivity contribution in [3.63, 3.8) is 0 Å². The molecule has 1 aliphatic carbocycles. The smallest absolute Gasteiger partial charge is 0.235 e. The van der Waals surface area contributed by atoms with Gasteiger partial charge in [0.25, 0.3) is 0 Å². The highest BCUT2D eigenvalue weighted by molar-refractivity contribution is 6.29. The molecule has 0 bridgehead atoms. The summed E-state index contributed by atoms with van der Waals surface area (Å²) in [6.45, 7) is 0. The minimum absolute atomic E-state index is 0.276. The van der Waals surface area contributed by atoms with Crippen LogP contribution in [0.1, 0.15) is 11.1 Å². The van der Waals surface area contributed by atoms with Gasteiger partial charge in [-0.2, -0.15) is 0 Å². The highest BCUT2D eigenvalue weighted by atomic mass is 35.5. The Balaban J connectivity index is 0.000000110. The lowest BCUT2D eigenvalue weighted by atomic mass is 9.94. The molecule has 0 fully saturated rings. The summed E-state index contributed by atoms with van der Waals surface area (Å²) in [6, 6.07) is 107. The normalized spacial score (nSPS) is 12.1. The maximum Gasteiger partial charge on any atom is 0.235 e. The van der Waals surface area contributed by atoms with E-state index in [9.17, 15) is 0 Å². The van der Waals surface area contributed by atoms with Gasteiger partial charge in [-0.1, -0.05) is 249 Å². The minimum atomic E-state index is 0.276. The first-order valence-electron chi connectivity index (χ1n) is 32.7. The summed E-state index contributed by atoms with van der Waals surface area (Å²) in [5.41, 5.74) is 17.3. The number of furan rings is 2. The van der Waals surface area contributed by atoms with Gasteiger partial charge in [-0.15, -0.1) is 0 Å². The molecule has 8 heteroatoms. The maximum atomic E-state index is 6.25. The summed E-state index contributed by atoms with van der Waals surface area (Å²) in [7, 11) is 0. The molecule has 452 valence electrons. The zero-order chi connectivity index (χ0) is 63.8. The summed E-state index contributed by atoms with van der Waals surface area (Å²) in [5, 5.41) is 23.8. The predicted molar refractivity (Wildman–Crippen MR) is 404 cm³/mol. The molecule has 16 aromatic carbocycles. The lowest BCUT2D eigenvalue weighted by Gasteiger charge is -2.14. The second-order valence-electron chi connectivity index (χ2n) is 25.2. The number of halogens is 1. The van der Waals surface area contributed by atoms with Crippen molar-refractivity contribution in [2.24, 2.45) is 0 Å². The fourth-order valence-electron chi connectivity index (χ4n) is 15.4. The molecule has 5 aromatic heterocycles. The first-order chi connectivity index (χ1) is 48.0. The van der Waals surface area contributed by atoms with Crippen molar-refractivity contribution in [1.82, 2.24) is 24.5 Å². The average Bonchev–Trinajstić information content (AvgIpc) is 1.62. The topological polar surface area (TPSA) is 82.8 Å². The van der Waals surface area contributed by atoms with Crippen LogP contribution in [0.4, 0.5) is 0 Å². The minimum Gasteiger partial charge on any atom is -0.456 e. The van der Waals surface area contributed by atoms with Crippen LogP contribution in [-0.2, 0) is 6.42 Å². The number of nitrogens with zero attached hydrogens (tertiary/aromatic N) is 5. The van der Waals surface area contributed by atoms with Crippen LogP contribution >= 0.6 is 11.6 Å². The number of aromatic nitrogens is 5. The van der Waals surface area contributed by atoms with Gasteiger partial charge in [-0.05, 0) is 143 Å². The number of fused-ring (bicyclic) bond motifs is 26. The van der Waals surface area contributed by atoms with Crippen molar-refractivity contribution in [2.75, 3.05) is 0 Å². The van der Waals surface area contributed by atoms with E-state index in [1.807, 2.05) is 72.8 Å². The van der Waals surface area contributed by atoms with Crippen LogP contribution in [0.15, 0.2) is 312 Å². The van der Waals surface area contributed by atoms with E-state index in [1.54, 1.807) is 0 Å². The van der Waals surface area contributed by atoms with Gasteiger partial charge in [0.1, 0.15) is 22.3 Å². The van der Waals surface area contributed by atoms with Gasteiger partial charge in [-0.3, -0.25) is 4.57 Å². The lowest BCUT2D eigenvalue weighted by Crippen LogP contribution is -2.04. The Labute approximate surface area is 559 Å². The summed E-state index contributed by atoms with van der Waals surface area (Å²) in [4.78, 5) is 19.7. The highest BCUT2D eigenvalue weighted by Gasteiger charge is 2.24. The zero-order valence-electron chi connectivity index (χ0n) is 52.0. The van der Waals surface area contributed by atoms with Gasteiger partial charge in [0.05, 0.1) is 33.5 Å². The van der Waals surface area contributed by atoms with E-state index in [1.165, 1.54) is 76.1 Å². The van der Waals surface area contributed by atoms with Gasteiger partial charge < -0.3 is 8.83 Å². The third kappa shape index (κ3) is 8.76. The Morgan fingerprint density at radius 1 is 0.289 bits per heavy atom. The van der Waals surface area contributed by atoms with Crippen molar-refractivity contribution in [3.05, 3.63) is 320 Å². The Morgan fingerprint density at radius 2 is 0.753 bits per heavy atom. The van der Waals surface area contributed by atoms with E-state index in [0.29, 0.717) is 5.95 Å². The van der Waals surface area contributed by atoms with Crippen molar-refractivity contribution in [2.45, 2.75) is 6.42 Å². The van der Waals surface area contributed by atoms with Crippen LogP contribution in [0.25, 0.3) is 192 Å². The van der Waals surface area contributed by atoms with E-state index >= 15 is 0 Å². The molecule has 0 N–H and O–H groups in total. The first kappa shape index (κ1) is 55.0. The molecule has 0 unspecified atom stereocenters. The number of rotatable bonds is 3. The van der Waals surface area contributed by atoms with E-state index in [-0.39, 0.29) is 5.28 Å². The summed E-state index contributed by atoms with van der Waals surface area (Å²) < 4.78 is 14.6. The molecule has 0 amide bonds. The molecule has 5 heterocycles. The van der Waals surface area contributed by atoms with E-state index in [0.717, 1.165) is 127 Å². The molecule has 0 spiro atoms. The van der Waals surface area contributed by atoms with Crippen molar-refractivity contribution in [3.8, 4) is 39.6 Å². The number of hydrogen-bond donors (Lipinski definition) is 0. The molecule has 97 heavy (non-hydrogen) atoms. The molecule has 0 radical (unpaired) electrons. The van der Waals surface area contributed by atoms with E-state index in [2.05, 4.69) is 245 Å². The third-order valence-electron chi connectivity index (χ3n) is 19.9. The van der Waals surface area contributed by atoms with E-state index in [4.69, 9.17) is 30.4 Å². The highest BCUT2D eigenvalue weighted by Crippen LogP contribution is 2.45. The van der Waals surface area contributed by atoms with Crippen LogP contribution < -0.4 is 0 Å². The summed E-state index contributed by atoms with van der Waals surface area (Å²) >= 11 is 6.15. The molecule has 1 aliphatic rings. The predicted octanol–water partition coefficient (Wildman–Crippen LogP) is 24.3. The lowest BCUT2D eigenvalue weighted by molar-refractivity contribution is 0.669. The molecule has 0 saturated carbocycles. The van der Waals surface area contributed by atoms with Gasteiger partial charge >= 0.3 is 0 Å². The monoisotopic (exact) mass is 1260 g/mol. The van der Waals surface area contributed by atoms with Gasteiger partial charge in [-0.25, -0.2) is 19.9 Å². The van der Waals surface area contributed by atoms with Crippen molar-refractivity contribution < 1.29 is 8.83 Å². The molecule has 7 nitrogen and oxygen atoms in total. The summed E-state index contributed by atoms with van der Waals surface area (Å²) in [5.74, 6) is 0.660. The van der Waals surface area contributed by atoms with Crippen molar-refractivity contribution >= 4 is 164 Å². The Hall–Kier alpha value is -12.6. The van der Waals surface area contributed by atoms with Crippen molar-refractivity contribution in [1.29, 1.82) is 0 Å². The van der Waals surface area contributed by atoms with Gasteiger partial charge in [0.2, 0.25) is 11.2 Å². The summed E-state index contributed by atoms with van der Waals surface area (Å²) in [6.07, 6.45) is 1.02. The first-order valence-corrected chi connectivity index (χ1v) is 33.1.